The Balaban J connectivity index is 1.66. The first kappa shape index (κ1) is 19.0. The second kappa shape index (κ2) is 7.37. The van der Waals surface area contributed by atoms with E-state index in [0.29, 0.717) is 16.3 Å². The van der Waals surface area contributed by atoms with E-state index in [1.54, 1.807) is 23.7 Å². The fourth-order valence-corrected chi connectivity index (χ4v) is 4.58. The first-order valence-electron chi connectivity index (χ1n) is 8.99. The van der Waals surface area contributed by atoms with E-state index in [9.17, 15) is 14.7 Å². The Morgan fingerprint density at radius 2 is 1.93 bits per heavy atom. The minimum atomic E-state index is -0.804. The first-order chi connectivity index (χ1) is 14.5. The summed E-state index contributed by atoms with van der Waals surface area (Å²) in [5, 5.41) is 13.6. The number of nitrogens with zero attached hydrogens (tertiary/aromatic N) is 2. The van der Waals surface area contributed by atoms with Crippen LogP contribution in [0.5, 0.6) is 0 Å². The molecule has 0 saturated carbocycles. The van der Waals surface area contributed by atoms with Gasteiger partial charge in [0.05, 0.1) is 11.6 Å². The van der Waals surface area contributed by atoms with Gasteiger partial charge in [0.2, 0.25) is 5.78 Å². The molecule has 0 saturated heterocycles. The predicted octanol–water partition coefficient (Wildman–Crippen LogP) is 5.28. The van der Waals surface area contributed by atoms with E-state index in [4.69, 9.17) is 4.42 Å². The van der Waals surface area contributed by atoms with Crippen LogP contribution in [0.1, 0.15) is 22.2 Å². The predicted molar refractivity (Wildman–Crippen MR) is 122 cm³/mol. The van der Waals surface area contributed by atoms with Crippen LogP contribution in [0, 0.1) is 3.57 Å². The number of thiazole rings is 1. The Bertz CT molecular complexity index is 1280. The minimum absolute atomic E-state index is 0.0181. The molecule has 8 heteroatoms. The molecule has 1 aliphatic rings. The van der Waals surface area contributed by atoms with E-state index in [0.717, 1.165) is 8.96 Å². The highest BCUT2D eigenvalue weighted by Crippen LogP contribution is 2.42. The van der Waals surface area contributed by atoms with Crippen molar-refractivity contribution < 1.29 is 19.1 Å². The number of aliphatic hydroxyl groups excluding tert-OH is 1. The summed E-state index contributed by atoms with van der Waals surface area (Å²) >= 11 is 3.45. The van der Waals surface area contributed by atoms with Crippen LogP contribution in [0.25, 0.3) is 11.0 Å². The van der Waals surface area contributed by atoms with Crippen molar-refractivity contribution in [3.05, 3.63) is 92.4 Å². The first-order valence-corrected chi connectivity index (χ1v) is 11.0. The van der Waals surface area contributed by atoms with Crippen molar-refractivity contribution in [3.63, 3.8) is 0 Å². The molecule has 148 valence electrons. The van der Waals surface area contributed by atoms with E-state index in [1.165, 1.54) is 16.2 Å². The number of fused-ring (bicyclic) bond motifs is 1. The number of benzene rings is 2. The fraction of sp³-hybridized carbons (Fsp3) is 0.0455. The minimum Gasteiger partial charge on any atom is -0.503 e. The van der Waals surface area contributed by atoms with Gasteiger partial charge in [-0.3, -0.25) is 14.5 Å². The molecule has 1 aliphatic heterocycles. The van der Waals surface area contributed by atoms with Gasteiger partial charge in [-0.15, -0.1) is 11.3 Å². The van der Waals surface area contributed by atoms with Crippen LogP contribution in [0.3, 0.4) is 0 Å². The molecule has 0 radical (unpaired) electrons. The normalized spacial score (nSPS) is 16.6. The molecule has 6 nitrogen and oxygen atoms in total. The lowest BCUT2D eigenvalue weighted by atomic mass is 9.95. The lowest BCUT2D eigenvalue weighted by Crippen LogP contribution is -2.30. The van der Waals surface area contributed by atoms with Gasteiger partial charge in [-0.25, -0.2) is 4.98 Å². The van der Waals surface area contributed by atoms with Crippen molar-refractivity contribution in [2.24, 2.45) is 0 Å². The molecule has 0 bridgehead atoms. The number of halogens is 1. The third-order valence-electron chi connectivity index (χ3n) is 4.91. The van der Waals surface area contributed by atoms with Crippen LogP contribution in [0.4, 0.5) is 5.13 Å². The third-order valence-corrected chi connectivity index (χ3v) is 6.40. The summed E-state index contributed by atoms with van der Waals surface area (Å²) in [5.74, 6) is -1.70. The molecule has 4 aromatic rings. The number of Topliss-reactive ketones (excluding diaryl/α,β-unsaturated/α-hetero) is 1. The summed E-state index contributed by atoms with van der Waals surface area (Å²) in [6.07, 6.45) is 1.58. The standard InChI is InChI=1S/C22H13IN2O4S/c23-14-7-5-12(6-8-14)18-17(20(27)21(28)25(18)22-24-9-10-30-22)19(26)16-11-13-3-1-2-4-15(13)29-16/h1-11,18,27H. The molecule has 30 heavy (non-hydrogen) atoms. The molecule has 0 spiro atoms. The van der Waals surface area contributed by atoms with Crippen LogP contribution >= 0.6 is 33.9 Å². The number of hydrogen-bond donors (Lipinski definition) is 1. The largest absolute Gasteiger partial charge is 0.503 e. The maximum atomic E-state index is 13.4. The summed E-state index contributed by atoms with van der Waals surface area (Å²) in [5.41, 5.74) is 1.24. The number of furan rings is 1. The third kappa shape index (κ3) is 3.03. The summed E-state index contributed by atoms with van der Waals surface area (Å²) in [4.78, 5) is 32.0. The quantitative estimate of drug-likeness (QED) is 0.288. The van der Waals surface area contributed by atoms with Gasteiger partial charge >= 0.3 is 0 Å². The highest BCUT2D eigenvalue weighted by molar-refractivity contribution is 14.1. The average molecular weight is 528 g/mol. The number of ketones is 1. The highest BCUT2D eigenvalue weighted by atomic mass is 127. The van der Waals surface area contributed by atoms with Crippen molar-refractivity contribution in [1.29, 1.82) is 0 Å². The number of para-hydroxylation sites is 1. The van der Waals surface area contributed by atoms with Crippen molar-refractivity contribution in [2.45, 2.75) is 6.04 Å². The number of carbonyl (C=O) groups is 2. The summed E-state index contributed by atoms with van der Waals surface area (Å²) in [7, 11) is 0. The van der Waals surface area contributed by atoms with Crippen LogP contribution in [0.15, 0.2) is 81.9 Å². The molecular formula is C22H13IN2O4S. The monoisotopic (exact) mass is 528 g/mol. The molecule has 2 aromatic heterocycles. The van der Waals surface area contributed by atoms with E-state index in [-0.39, 0.29) is 11.3 Å². The number of aromatic nitrogens is 1. The summed E-state index contributed by atoms with van der Waals surface area (Å²) < 4.78 is 6.73. The number of hydrogen-bond acceptors (Lipinski definition) is 6. The van der Waals surface area contributed by atoms with Crippen LogP contribution in [-0.2, 0) is 4.79 Å². The van der Waals surface area contributed by atoms with Crippen LogP contribution < -0.4 is 4.90 Å². The zero-order valence-electron chi connectivity index (χ0n) is 15.3. The van der Waals surface area contributed by atoms with Crippen molar-refractivity contribution >= 4 is 61.7 Å². The van der Waals surface area contributed by atoms with E-state index < -0.39 is 23.5 Å². The van der Waals surface area contributed by atoms with Gasteiger partial charge in [-0.1, -0.05) is 30.3 Å². The SMILES string of the molecule is O=C(C1=C(O)C(=O)N(c2nccs2)C1c1ccc(I)cc1)c1cc2ccccc2o1. The van der Waals surface area contributed by atoms with Gasteiger partial charge in [0.15, 0.2) is 16.7 Å². The molecule has 5 rings (SSSR count). The smallest absolute Gasteiger partial charge is 0.296 e. The summed E-state index contributed by atoms with van der Waals surface area (Å²) in [6.45, 7) is 0. The van der Waals surface area contributed by atoms with Crippen molar-refractivity contribution in [1.82, 2.24) is 4.98 Å². The topological polar surface area (TPSA) is 83.6 Å². The molecule has 2 aromatic carbocycles. The number of amides is 1. The van der Waals surface area contributed by atoms with Gasteiger partial charge in [-0.2, -0.15) is 0 Å². The number of rotatable bonds is 4. The Kier molecular flexibility index (Phi) is 4.67. The Labute approximate surface area is 188 Å². The lowest BCUT2D eigenvalue weighted by Gasteiger charge is -2.24. The molecule has 1 amide bonds. The highest BCUT2D eigenvalue weighted by Gasteiger charge is 2.46. The van der Waals surface area contributed by atoms with E-state index in [2.05, 4.69) is 27.6 Å². The Morgan fingerprint density at radius 3 is 2.63 bits per heavy atom. The van der Waals surface area contributed by atoms with Gasteiger partial charge in [-0.05, 0) is 52.4 Å². The average Bonchev–Trinajstić information content (AvgIpc) is 3.47. The number of carbonyl (C=O) groups excluding carboxylic acids is 2. The molecule has 1 N–H and O–H groups in total. The molecule has 0 aliphatic carbocycles. The Hall–Kier alpha value is -2.98. The molecule has 0 fully saturated rings. The molecule has 1 unspecified atom stereocenters. The van der Waals surface area contributed by atoms with Crippen LogP contribution in [-0.4, -0.2) is 21.8 Å². The van der Waals surface area contributed by atoms with E-state index in [1.807, 2.05) is 42.5 Å². The fourth-order valence-electron chi connectivity index (χ4n) is 3.56. The van der Waals surface area contributed by atoms with Gasteiger partial charge in [0.25, 0.3) is 5.91 Å². The van der Waals surface area contributed by atoms with Gasteiger partial charge in [0.1, 0.15) is 5.58 Å². The van der Waals surface area contributed by atoms with E-state index >= 15 is 0 Å². The zero-order chi connectivity index (χ0) is 20.8. The second-order valence-electron chi connectivity index (χ2n) is 6.68. The van der Waals surface area contributed by atoms with Gasteiger partial charge < -0.3 is 9.52 Å². The lowest BCUT2D eigenvalue weighted by molar-refractivity contribution is -0.117. The molecular weight excluding hydrogens is 515 g/mol. The second-order valence-corrected chi connectivity index (χ2v) is 8.80. The van der Waals surface area contributed by atoms with Gasteiger partial charge in [0, 0.05) is 20.5 Å². The summed E-state index contributed by atoms with van der Waals surface area (Å²) in [6, 6.07) is 15.5. The zero-order valence-corrected chi connectivity index (χ0v) is 18.3. The molecule has 3 heterocycles. The number of anilines is 1. The van der Waals surface area contributed by atoms with Crippen molar-refractivity contribution in [3.8, 4) is 0 Å². The maximum Gasteiger partial charge on any atom is 0.296 e. The molecule has 1 atom stereocenters. The maximum absolute atomic E-state index is 13.4. The van der Waals surface area contributed by atoms with Crippen molar-refractivity contribution in [2.75, 3.05) is 4.90 Å². The number of aliphatic hydroxyl groups is 1. The Morgan fingerprint density at radius 1 is 1.17 bits per heavy atom. The van der Waals surface area contributed by atoms with Crippen LogP contribution in [0.2, 0.25) is 0 Å².